The van der Waals surface area contributed by atoms with Gasteiger partial charge in [-0.1, -0.05) is 23.4 Å². The molecule has 0 radical (unpaired) electrons. The molecule has 1 aromatic heterocycles. The molecule has 1 N–H and O–H groups in total. The predicted molar refractivity (Wildman–Crippen MR) is 76.4 cm³/mol. The largest absolute Gasteiger partial charge is 0.487 e. The third-order valence-electron chi connectivity index (χ3n) is 3.47. The number of nitrogens with zero attached hydrogens (tertiary/aromatic N) is 3. The van der Waals surface area contributed by atoms with Crippen molar-refractivity contribution in [3.63, 3.8) is 0 Å². The third kappa shape index (κ3) is 3.17. The first-order valence-electron chi connectivity index (χ1n) is 7.02. The molecule has 2 aromatic rings. The molecule has 0 bridgehead atoms. The molecule has 0 unspecified atom stereocenters. The Bertz CT molecular complexity index is 589. The van der Waals surface area contributed by atoms with Crippen molar-refractivity contribution >= 4 is 0 Å². The van der Waals surface area contributed by atoms with Crippen LogP contribution in [0.5, 0.6) is 5.75 Å². The lowest BCUT2D eigenvalue weighted by molar-refractivity contribution is 0.295. The van der Waals surface area contributed by atoms with Crippen LogP contribution in [0.4, 0.5) is 0 Å². The first kappa shape index (κ1) is 13.1. The van der Waals surface area contributed by atoms with Gasteiger partial charge in [-0.3, -0.25) is 4.68 Å². The summed E-state index contributed by atoms with van der Waals surface area (Å²) in [7, 11) is 1.86. The summed E-state index contributed by atoms with van der Waals surface area (Å²) in [5.41, 5.74) is 3.21. The number of para-hydroxylation sites is 1. The lowest BCUT2D eigenvalue weighted by Crippen LogP contribution is -2.16. The number of aryl methyl sites for hydroxylation is 2. The molecule has 1 aliphatic carbocycles. The average Bonchev–Trinajstić information content (AvgIpc) is 3.17. The molecule has 0 saturated heterocycles. The molecule has 1 heterocycles. The van der Waals surface area contributed by atoms with Crippen molar-refractivity contribution in [3.05, 3.63) is 41.2 Å². The van der Waals surface area contributed by atoms with Crippen LogP contribution < -0.4 is 10.1 Å². The van der Waals surface area contributed by atoms with Gasteiger partial charge < -0.3 is 10.1 Å². The van der Waals surface area contributed by atoms with Crippen LogP contribution in [0.2, 0.25) is 0 Å². The minimum Gasteiger partial charge on any atom is -0.487 e. The summed E-state index contributed by atoms with van der Waals surface area (Å²) in [6.45, 7) is 3.39. The van der Waals surface area contributed by atoms with Crippen molar-refractivity contribution in [2.45, 2.75) is 39.0 Å². The Hall–Kier alpha value is -1.88. The summed E-state index contributed by atoms with van der Waals surface area (Å²) >= 11 is 0. The van der Waals surface area contributed by atoms with Gasteiger partial charge in [0.05, 0.1) is 6.20 Å². The summed E-state index contributed by atoms with van der Waals surface area (Å²) in [4.78, 5) is 0. The summed E-state index contributed by atoms with van der Waals surface area (Å²) < 4.78 is 7.65. The summed E-state index contributed by atoms with van der Waals surface area (Å²) in [5, 5.41) is 11.5. The van der Waals surface area contributed by atoms with Crippen LogP contribution in [0.15, 0.2) is 24.4 Å². The Balaban J connectivity index is 1.69. The number of aromatic nitrogens is 3. The maximum absolute atomic E-state index is 5.96. The SMILES string of the molecule is Cc1cccc(CNC2CC2)c1OCc1cn(C)nn1. The first-order valence-corrected chi connectivity index (χ1v) is 7.02. The van der Waals surface area contributed by atoms with E-state index >= 15 is 0 Å². The van der Waals surface area contributed by atoms with Crippen molar-refractivity contribution in [2.24, 2.45) is 7.05 Å². The molecule has 1 fully saturated rings. The normalized spacial score (nSPS) is 14.5. The van der Waals surface area contributed by atoms with Crippen LogP contribution in [0.25, 0.3) is 0 Å². The van der Waals surface area contributed by atoms with Crippen LogP contribution in [0.3, 0.4) is 0 Å². The van der Waals surface area contributed by atoms with Crippen molar-refractivity contribution in [2.75, 3.05) is 0 Å². The highest BCUT2D eigenvalue weighted by Gasteiger charge is 2.20. The first-order chi connectivity index (χ1) is 9.72. The number of benzene rings is 1. The molecule has 106 valence electrons. The van der Waals surface area contributed by atoms with E-state index in [0.717, 1.165) is 23.6 Å². The van der Waals surface area contributed by atoms with Gasteiger partial charge in [-0.2, -0.15) is 0 Å². The van der Waals surface area contributed by atoms with E-state index in [2.05, 4.69) is 40.8 Å². The highest BCUT2D eigenvalue weighted by molar-refractivity contribution is 5.40. The number of nitrogens with one attached hydrogen (secondary N) is 1. The molecule has 0 aliphatic heterocycles. The molecule has 0 atom stereocenters. The maximum atomic E-state index is 5.96. The highest BCUT2D eigenvalue weighted by Crippen LogP contribution is 2.26. The minimum absolute atomic E-state index is 0.453. The number of hydrogen-bond donors (Lipinski definition) is 1. The molecule has 1 aliphatic rings. The Morgan fingerprint density at radius 3 is 2.95 bits per heavy atom. The molecule has 1 saturated carbocycles. The van der Waals surface area contributed by atoms with Gasteiger partial charge in [0.1, 0.15) is 18.1 Å². The number of rotatable bonds is 6. The highest BCUT2D eigenvalue weighted by atomic mass is 16.5. The predicted octanol–water partition coefficient (Wildman–Crippen LogP) is 1.95. The van der Waals surface area contributed by atoms with E-state index in [9.17, 15) is 0 Å². The lowest BCUT2D eigenvalue weighted by Gasteiger charge is -2.13. The van der Waals surface area contributed by atoms with Gasteiger partial charge in [0.2, 0.25) is 0 Å². The van der Waals surface area contributed by atoms with E-state index < -0.39 is 0 Å². The van der Waals surface area contributed by atoms with Gasteiger partial charge in [0.25, 0.3) is 0 Å². The molecular formula is C15H20N4O. The van der Waals surface area contributed by atoms with E-state index in [1.54, 1.807) is 4.68 Å². The van der Waals surface area contributed by atoms with Crippen molar-refractivity contribution < 1.29 is 4.74 Å². The summed E-state index contributed by atoms with van der Waals surface area (Å²) in [6, 6.07) is 6.97. The zero-order chi connectivity index (χ0) is 13.9. The quantitative estimate of drug-likeness (QED) is 0.873. The van der Waals surface area contributed by atoms with Crippen LogP contribution in [0, 0.1) is 6.92 Å². The fourth-order valence-corrected chi connectivity index (χ4v) is 2.21. The maximum Gasteiger partial charge on any atom is 0.134 e. The van der Waals surface area contributed by atoms with Gasteiger partial charge in [0, 0.05) is 25.2 Å². The topological polar surface area (TPSA) is 52.0 Å². The van der Waals surface area contributed by atoms with Crippen LogP contribution in [-0.2, 0) is 20.2 Å². The molecule has 20 heavy (non-hydrogen) atoms. The standard InChI is InChI=1S/C15H20N4O/c1-11-4-3-5-12(8-16-13-6-7-13)15(11)20-10-14-9-19(2)18-17-14/h3-5,9,13,16H,6-8,10H2,1-2H3. The second-order valence-corrected chi connectivity index (χ2v) is 5.39. The van der Waals surface area contributed by atoms with E-state index in [1.165, 1.54) is 18.4 Å². The van der Waals surface area contributed by atoms with Gasteiger partial charge in [0.15, 0.2) is 0 Å². The van der Waals surface area contributed by atoms with E-state index in [1.807, 2.05) is 13.2 Å². The second-order valence-electron chi connectivity index (χ2n) is 5.39. The number of hydrogen-bond acceptors (Lipinski definition) is 4. The summed E-state index contributed by atoms with van der Waals surface area (Å²) in [6.07, 6.45) is 4.46. The fourth-order valence-electron chi connectivity index (χ4n) is 2.21. The molecule has 0 spiro atoms. The minimum atomic E-state index is 0.453. The van der Waals surface area contributed by atoms with Crippen molar-refractivity contribution in [1.82, 2.24) is 20.3 Å². The van der Waals surface area contributed by atoms with Crippen LogP contribution in [-0.4, -0.2) is 21.0 Å². The van der Waals surface area contributed by atoms with Crippen LogP contribution >= 0.6 is 0 Å². The molecule has 5 heteroatoms. The molecule has 3 rings (SSSR count). The molecule has 0 amide bonds. The van der Waals surface area contributed by atoms with Crippen molar-refractivity contribution in [3.8, 4) is 5.75 Å². The van der Waals surface area contributed by atoms with E-state index in [-0.39, 0.29) is 0 Å². The molecular weight excluding hydrogens is 252 g/mol. The molecule has 1 aromatic carbocycles. The van der Waals surface area contributed by atoms with Gasteiger partial charge in [-0.15, -0.1) is 5.10 Å². The Kier molecular flexibility index (Phi) is 3.69. The van der Waals surface area contributed by atoms with Gasteiger partial charge >= 0.3 is 0 Å². The van der Waals surface area contributed by atoms with Gasteiger partial charge in [-0.05, 0) is 25.3 Å². The Morgan fingerprint density at radius 2 is 2.25 bits per heavy atom. The Labute approximate surface area is 118 Å². The summed E-state index contributed by atoms with van der Waals surface area (Å²) in [5.74, 6) is 0.964. The van der Waals surface area contributed by atoms with E-state index in [0.29, 0.717) is 12.6 Å². The average molecular weight is 272 g/mol. The molecule has 5 nitrogen and oxygen atoms in total. The second kappa shape index (κ2) is 5.63. The monoisotopic (exact) mass is 272 g/mol. The Morgan fingerprint density at radius 1 is 1.40 bits per heavy atom. The lowest BCUT2D eigenvalue weighted by atomic mass is 10.1. The van der Waals surface area contributed by atoms with Crippen molar-refractivity contribution in [1.29, 1.82) is 0 Å². The van der Waals surface area contributed by atoms with Gasteiger partial charge in [-0.25, -0.2) is 0 Å². The fraction of sp³-hybridized carbons (Fsp3) is 0.467. The smallest absolute Gasteiger partial charge is 0.134 e. The number of ether oxygens (including phenoxy) is 1. The van der Waals surface area contributed by atoms with E-state index in [4.69, 9.17) is 4.74 Å². The zero-order valence-corrected chi connectivity index (χ0v) is 12.0. The van der Waals surface area contributed by atoms with Crippen LogP contribution in [0.1, 0.15) is 29.7 Å². The zero-order valence-electron chi connectivity index (χ0n) is 12.0. The third-order valence-corrected chi connectivity index (χ3v) is 3.47.